The van der Waals surface area contributed by atoms with Gasteiger partial charge in [0.15, 0.2) is 0 Å². The van der Waals surface area contributed by atoms with Gasteiger partial charge in [0, 0.05) is 34.6 Å². The Morgan fingerprint density at radius 2 is 0.962 bits per heavy atom. The van der Waals surface area contributed by atoms with Gasteiger partial charge in [-0.3, -0.25) is 9.59 Å². The Balaban J connectivity index is 0.000000201. The molecule has 6 aromatic rings. The summed E-state index contributed by atoms with van der Waals surface area (Å²) in [5.74, 6) is 0.527. The Morgan fingerprint density at radius 3 is 1.31 bits per heavy atom. The summed E-state index contributed by atoms with van der Waals surface area (Å²) in [7, 11) is 0. The molecule has 6 rings (SSSR count). The molecule has 268 valence electrons. The number of pyridine rings is 2. The first-order chi connectivity index (χ1) is 24.8. The molecular weight excluding hydrogens is 680 g/mol. The van der Waals surface area contributed by atoms with Gasteiger partial charge in [0.2, 0.25) is 11.8 Å². The number of halogens is 4. The molecule has 0 aliphatic carbocycles. The van der Waals surface area contributed by atoms with Crippen molar-refractivity contribution in [2.75, 3.05) is 0 Å². The van der Waals surface area contributed by atoms with Crippen LogP contribution in [0.2, 0.25) is 0 Å². The Hall–Kier alpha value is -6.18. The van der Waals surface area contributed by atoms with Crippen molar-refractivity contribution in [3.63, 3.8) is 0 Å². The number of nitrogens with zero attached hydrogens (tertiary/aromatic N) is 4. The van der Waals surface area contributed by atoms with Gasteiger partial charge in [-0.1, -0.05) is 12.1 Å². The van der Waals surface area contributed by atoms with Crippen LogP contribution < -0.4 is 20.6 Å². The summed E-state index contributed by atoms with van der Waals surface area (Å²) >= 11 is 0. The first-order valence-corrected chi connectivity index (χ1v) is 15.9. The zero-order valence-corrected chi connectivity index (χ0v) is 29.0. The molecule has 0 bridgehead atoms. The van der Waals surface area contributed by atoms with Crippen LogP contribution in [0.15, 0.2) is 82.6 Å². The van der Waals surface area contributed by atoms with E-state index in [0.717, 1.165) is 33.4 Å². The van der Waals surface area contributed by atoms with Gasteiger partial charge in [0.25, 0.3) is 24.0 Å². The highest BCUT2D eigenvalue weighted by molar-refractivity contribution is 5.73. The Bertz CT molecular complexity index is 2200. The molecule has 0 aliphatic heterocycles. The number of aromatic nitrogens is 6. The number of hydrogen-bond acceptors (Lipinski definition) is 8. The van der Waals surface area contributed by atoms with E-state index in [1.54, 1.807) is 50.2 Å². The highest BCUT2D eigenvalue weighted by atomic mass is 19.3. The monoisotopic (exact) mass is 714 g/mol. The molecule has 4 aromatic heterocycles. The third-order valence-electron chi connectivity index (χ3n) is 8.24. The number of alkyl halides is 4. The zero-order valence-electron chi connectivity index (χ0n) is 29.0. The first kappa shape index (κ1) is 37.1. The summed E-state index contributed by atoms with van der Waals surface area (Å²) in [5, 5.41) is 12.9. The van der Waals surface area contributed by atoms with E-state index in [1.165, 1.54) is 36.7 Å². The highest BCUT2D eigenvalue weighted by Gasteiger charge is 2.19. The molecule has 0 saturated heterocycles. The average Bonchev–Trinajstić information content (AvgIpc) is 3.11. The predicted molar refractivity (Wildman–Crippen MR) is 188 cm³/mol. The first-order valence-electron chi connectivity index (χ1n) is 15.9. The highest BCUT2D eigenvalue weighted by Crippen LogP contribution is 2.35. The number of aromatic amines is 2. The van der Waals surface area contributed by atoms with Gasteiger partial charge in [-0.25, -0.2) is 37.7 Å². The quantitative estimate of drug-likeness (QED) is 0.149. The maximum atomic E-state index is 13.1. The van der Waals surface area contributed by atoms with Crippen molar-refractivity contribution in [2.45, 2.75) is 54.4 Å². The number of H-pyrrole nitrogens is 2. The molecule has 0 atom stereocenters. The molecule has 4 heterocycles. The van der Waals surface area contributed by atoms with Gasteiger partial charge in [-0.05, 0) is 112 Å². The minimum Gasteiger partial charge on any atom is -0.439 e. The maximum Gasteiger partial charge on any atom is 0.269 e. The smallest absolute Gasteiger partial charge is 0.269 e. The molecule has 14 heteroatoms. The van der Waals surface area contributed by atoms with Crippen LogP contribution in [0.1, 0.15) is 57.6 Å². The van der Waals surface area contributed by atoms with Crippen molar-refractivity contribution >= 4 is 0 Å². The number of hydrogen-bond donors (Lipinski definition) is 2. The third kappa shape index (κ3) is 8.06. The van der Waals surface area contributed by atoms with Crippen LogP contribution >= 0.6 is 0 Å². The Kier molecular flexibility index (Phi) is 11.3. The van der Waals surface area contributed by atoms with E-state index < -0.39 is 12.9 Å². The summed E-state index contributed by atoms with van der Waals surface area (Å²) in [6, 6.07) is 15.8. The third-order valence-corrected chi connectivity index (χ3v) is 8.24. The van der Waals surface area contributed by atoms with Crippen molar-refractivity contribution in [2.24, 2.45) is 0 Å². The molecule has 0 fully saturated rings. The van der Waals surface area contributed by atoms with Gasteiger partial charge >= 0.3 is 0 Å². The van der Waals surface area contributed by atoms with Crippen LogP contribution in [0.25, 0.3) is 22.3 Å². The van der Waals surface area contributed by atoms with E-state index in [0.29, 0.717) is 34.0 Å². The van der Waals surface area contributed by atoms with Gasteiger partial charge in [0.05, 0.1) is 22.5 Å². The van der Waals surface area contributed by atoms with Gasteiger partial charge in [-0.2, -0.15) is 10.2 Å². The number of benzene rings is 2. The average molecular weight is 715 g/mol. The molecule has 0 unspecified atom stereocenters. The van der Waals surface area contributed by atoms with Crippen molar-refractivity contribution in [1.29, 1.82) is 0 Å². The normalized spacial score (nSPS) is 11.0. The molecule has 0 saturated carbocycles. The van der Waals surface area contributed by atoms with Crippen LogP contribution in [0.4, 0.5) is 17.6 Å². The molecule has 52 heavy (non-hydrogen) atoms. The van der Waals surface area contributed by atoms with Gasteiger partial charge in [-0.15, -0.1) is 0 Å². The number of rotatable bonds is 8. The fraction of sp³-hybridized carbons (Fsp3) is 0.211. The molecule has 2 N–H and O–H groups in total. The molecule has 0 aliphatic rings. The lowest BCUT2D eigenvalue weighted by atomic mass is 9.96. The molecule has 0 spiro atoms. The SMILES string of the molecule is Cc1cc(Oc2ncccc2C(F)F)ccc1-c1c(C)n[nH]c(=O)c1C.Cc1cc(Oc2ncccc2C(F)F)ccc1-c1c(C)n[nH]c(=O)c1C. The van der Waals surface area contributed by atoms with Gasteiger partial charge in [0.1, 0.15) is 11.5 Å². The molecular formula is C38H34F4N6O4. The second-order valence-corrected chi connectivity index (χ2v) is 11.8. The van der Waals surface area contributed by atoms with Crippen LogP contribution in [0, 0.1) is 41.5 Å². The van der Waals surface area contributed by atoms with Crippen LogP contribution in [-0.4, -0.2) is 30.4 Å². The van der Waals surface area contributed by atoms with Crippen LogP contribution in [-0.2, 0) is 0 Å². The zero-order chi connectivity index (χ0) is 37.7. The second-order valence-electron chi connectivity index (χ2n) is 11.8. The maximum absolute atomic E-state index is 13.1. The van der Waals surface area contributed by atoms with E-state index in [-0.39, 0.29) is 34.0 Å². The standard InChI is InChI=1S/2C19H17F2N3O2/c2*1-10-9-13(26-19-15(17(20)21)5-4-8-22-19)6-7-14(10)16-11(2)18(25)24-23-12(16)3/h2*4-9,17H,1-3H3,(H,24,25). The Morgan fingerprint density at radius 1 is 0.577 bits per heavy atom. The van der Waals surface area contributed by atoms with E-state index in [1.807, 2.05) is 27.7 Å². The fourth-order valence-corrected chi connectivity index (χ4v) is 5.61. The van der Waals surface area contributed by atoms with E-state index in [9.17, 15) is 27.2 Å². The minimum atomic E-state index is -2.67. The predicted octanol–water partition coefficient (Wildman–Crippen LogP) is 8.97. The van der Waals surface area contributed by atoms with Gasteiger partial charge < -0.3 is 9.47 Å². The van der Waals surface area contributed by atoms with E-state index in [2.05, 4.69) is 30.4 Å². The minimum absolute atomic E-state index is 0.125. The molecule has 0 amide bonds. The summed E-state index contributed by atoms with van der Waals surface area (Å²) < 4.78 is 63.4. The lowest BCUT2D eigenvalue weighted by Crippen LogP contribution is -2.14. The van der Waals surface area contributed by atoms with E-state index in [4.69, 9.17) is 9.47 Å². The van der Waals surface area contributed by atoms with Crippen molar-refractivity contribution in [3.8, 4) is 45.5 Å². The van der Waals surface area contributed by atoms with Crippen molar-refractivity contribution in [3.05, 3.63) is 139 Å². The number of nitrogens with one attached hydrogen (secondary N) is 2. The Labute approximate surface area is 295 Å². The lowest BCUT2D eigenvalue weighted by Gasteiger charge is -2.14. The molecule has 10 nitrogen and oxygen atoms in total. The molecule has 0 radical (unpaired) electrons. The summed E-state index contributed by atoms with van der Waals surface area (Å²) in [4.78, 5) is 31.5. The number of ether oxygens (including phenoxy) is 2. The van der Waals surface area contributed by atoms with Crippen molar-refractivity contribution < 1.29 is 27.0 Å². The summed E-state index contributed by atoms with van der Waals surface area (Å²) in [6.07, 6.45) is -2.55. The van der Waals surface area contributed by atoms with Crippen LogP contribution in [0.5, 0.6) is 23.3 Å². The topological polar surface area (TPSA) is 136 Å². The summed E-state index contributed by atoms with van der Waals surface area (Å²) in [6.45, 7) is 10.8. The molecule has 2 aromatic carbocycles. The lowest BCUT2D eigenvalue weighted by molar-refractivity contribution is 0.146. The second kappa shape index (κ2) is 15.8. The van der Waals surface area contributed by atoms with Crippen LogP contribution in [0.3, 0.4) is 0 Å². The fourth-order valence-electron chi connectivity index (χ4n) is 5.61. The van der Waals surface area contributed by atoms with Crippen molar-refractivity contribution in [1.82, 2.24) is 30.4 Å². The summed E-state index contributed by atoms with van der Waals surface area (Å²) in [5.41, 5.74) is 6.34. The van der Waals surface area contributed by atoms with E-state index >= 15 is 0 Å². The largest absolute Gasteiger partial charge is 0.439 e. The number of aryl methyl sites for hydroxylation is 4.